The highest BCUT2D eigenvalue weighted by molar-refractivity contribution is 5.96. The first-order chi connectivity index (χ1) is 11.4. The number of rotatable bonds is 6. The molecule has 3 N–H and O–H groups in total. The van der Waals surface area contributed by atoms with E-state index in [2.05, 4.69) is 21.2 Å². The van der Waals surface area contributed by atoms with E-state index < -0.39 is 29.5 Å². The third kappa shape index (κ3) is 4.35. The Morgan fingerprint density at radius 2 is 2.00 bits per heavy atom. The van der Waals surface area contributed by atoms with Crippen molar-refractivity contribution in [1.82, 2.24) is 21.2 Å². The molecule has 1 atom stereocenters. The van der Waals surface area contributed by atoms with Crippen molar-refractivity contribution >= 4 is 11.8 Å². The summed E-state index contributed by atoms with van der Waals surface area (Å²) in [4.78, 5) is 28.0. The van der Waals surface area contributed by atoms with Crippen molar-refractivity contribution in [3.63, 3.8) is 0 Å². The summed E-state index contributed by atoms with van der Waals surface area (Å²) in [7, 11) is 0. The molecule has 2 amide bonds. The highest BCUT2D eigenvalue weighted by Gasteiger charge is 2.27. The van der Waals surface area contributed by atoms with Crippen LogP contribution < -0.4 is 16.2 Å². The van der Waals surface area contributed by atoms with Crippen molar-refractivity contribution in [2.45, 2.75) is 25.9 Å². The number of oxazole rings is 1. The van der Waals surface area contributed by atoms with Crippen LogP contribution in [0.5, 0.6) is 0 Å². The summed E-state index contributed by atoms with van der Waals surface area (Å²) in [6.45, 7) is 3.56. The van der Waals surface area contributed by atoms with Gasteiger partial charge in [0.15, 0.2) is 12.1 Å². The van der Waals surface area contributed by atoms with Gasteiger partial charge in [-0.15, -0.1) is 0 Å². The van der Waals surface area contributed by atoms with Gasteiger partial charge in [-0.3, -0.25) is 15.0 Å². The zero-order chi connectivity index (χ0) is 17.7. The third-order valence-electron chi connectivity index (χ3n) is 2.96. The normalized spacial score (nSPS) is 12.0. The molecule has 9 heteroatoms. The van der Waals surface area contributed by atoms with E-state index in [-0.39, 0.29) is 17.3 Å². The zero-order valence-corrected chi connectivity index (χ0v) is 13.0. The van der Waals surface area contributed by atoms with Crippen LogP contribution in [0, 0.1) is 11.6 Å². The van der Waals surface area contributed by atoms with Gasteiger partial charge in [-0.25, -0.2) is 19.2 Å². The highest BCUT2D eigenvalue weighted by atomic mass is 19.1. The first-order valence-electron chi connectivity index (χ1n) is 7.08. The van der Waals surface area contributed by atoms with Crippen LogP contribution in [0.2, 0.25) is 0 Å². The summed E-state index contributed by atoms with van der Waals surface area (Å²) in [5.41, 5.74) is 4.76. The molecule has 0 bridgehead atoms. The average molecular weight is 338 g/mol. The number of hydrogen-bond donors (Lipinski definition) is 3. The van der Waals surface area contributed by atoms with Crippen LogP contribution in [-0.2, 0) is 4.79 Å². The van der Waals surface area contributed by atoms with Crippen molar-refractivity contribution in [2.24, 2.45) is 0 Å². The van der Waals surface area contributed by atoms with Crippen molar-refractivity contribution < 1.29 is 22.8 Å². The Bertz CT molecular complexity index is 720. The number of hydrazine groups is 1. The minimum Gasteiger partial charge on any atom is -0.451 e. The molecule has 1 aromatic heterocycles. The van der Waals surface area contributed by atoms with Gasteiger partial charge in [0.25, 0.3) is 11.8 Å². The van der Waals surface area contributed by atoms with E-state index in [9.17, 15) is 18.4 Å². The summed E-state index contributed by atoms with van der Waals surface area (Å²) in [5.74, 6) is -3.21. The van der Waals surface area contributed by atoms with Gasteiger partial charge in [-0.2, -0.15) is 0 Å². The Kier molecular flexibility index (Phi) is 5.59. The lowest BCUT2D eigenvalue weighted by molar-refractivity contribution is -0.124. The van der Waals surface area contributed by atoms with E-state index in [4.69, 9.17) is 4.42 Å². The van der Waals surface area contributed by atoms with E-state index in [0.29, 0.717) is 6.07 Å². The first kappa shape index (κ1) is 17.5. The molecule has 0 aliphatic rings. The van der Waals surface area contributed by atoms with Gasteiger partial charge in [-0.05, 0) is 19.9 Å². The number of nitrogens with zero attached hydrogens (tertiary/aromatic N) is 1. The minimum atomic E-state index is -1.39. The molecule has 0 saturated carbocycles. The van der Waals surface area contributed by atoms with Crippen molar-refractivity contribution in [2.75, 3.05) is 0 Å². The molecule has 0 saturated heterocycles. The maximum absolute atomic E-state index is 14.0. The molecule has 1 unspecified atom stereocenters. The Morgan fingerprint density at radius 1 is 1.25 bits per heavy atom. The largest absolute Gasteiger partial charge is 0.451 e. The SMILES string of the molecule is CC(C)NNC(=O)C(NC(=O)c1cocn1)c1ccc(F)cc1F. The monoisotopic (exact) mass is 338 g/mol. The molecule has 2 aromatic rings. The Hall–Kier alpha value is -2.81. The number of carbonyl (C=O) groups is 2. The van der Waals surface area contributed by atoms with E-state index in [1.54, 1.807) is 13.8 Å². The maximum atomic E-state index is 14.0. The Labute approximate surface area is 136 Å². The van der Waals surface area contributed by atoms with E-state index in [1.165, 1.54) is 0 Å². The molecule has 24 heavy (non-hydrogen) atoms. The number of halogens is 2. The predicted octanol–water partition coefficient (Wildman–Crippen LogP) is 1.45. The summed E-state index contributed by atoms with van der Waals surface area (Å²) >= 11 is 0. The van der Waals surface area contributed by atoms with Gasteiger partial charge in [0, 0.05) is 17.7 Å². The molecule has 0 fully saturated rings. The number of nitrogens with one attached hydrogen (secondary N) is 3. The van der Waals surface area contributed by atoms with Crippen LogP contribution >= 0.6 is 0 Å². The second-order valence-electron chi connectivity index (χ2n) is 5.23. The molecule has 128 valence electrons. The molecule has 0 spiro atoms. The standard InChI is InChI=1S/C15H16F2N4O3/c1-8(2)20-21-15(23)13(10-4-3-9(16)5-11(10)17)19-14(22)12-6-24-7-18-12/h3-8,13,20H,1-2H3,(H,19,22)(H,21,23). The van der Waals surface area contributed by atoms with E-state index >= 15 is 0 Å². The first-order valence-corrected chi connectivity index (χ1v) is 7.08. The van der Waals surface area contributed by atoms with Crippen molar-refractivity contribution in [3.8, 4) is 0 Å². The van der Waals surface area contributed by atoms with Crippen LogP contribution in [0.15, 0.2) is 35.3 Å². The fourth-order valence-electron chi connectivity index (χ4n) is 1.84. The number of carbonyl (C=O) groups excluding carboxylic acids is 2. The molecular formula is C15H16F2N4O3. The van der Waals surface area contributed by atoms with Gasteiger partial charge in [0.1, 0.15) is 23.9 Å². The van der Waals surface area contributed by atoms with Crippen LogP contribution in [0.4, 0.5) is 8.78 Å². The van der Waals surface area contributed by atoms with Gasteiger partial charge in [0.05, 0.1) is 0 Å². The summed E-state index contributed by atoms with van der Waals surface area (Å²) in [6.07, 6.45) is 2.13. The molecule has 1 aromatic carbocycles. The maximum Gasteiger partial charge on any atom is 0.274 e. The summed E-state index contributed by atoms with van der Waals surface area (Å²) < 4.78 is 31.8. The number of amides is 2. The van der Waals surface area contributed by atoms with Gasteiger partial charge < -0.3 is 9.73 Å². The molecule has 1 heterocycles. The van der Waals surface area contributed by atoms with Crippen molar-refractivity contribution in [3.05, 3.63) is 53.7 Å². The van der Waals surface area contributed by atoms with Crippen LogP contribution in [0.1, 0.15) is 35.9 Å². The average Bonchev–Trinajstić information content (AvgIpc) is 3.05. The second-order valence-corrected chi connectivity index (χ2v) is 5.23. The van der Waals surface area contributed by atoms with Crippen LogP contribution in [0.3, 0.4) is 0 Å². The van der Waals surface area contributed by atoms with E-state index in [0.717, 1.165) is 24.8 Å². The Morgan fingerprint density at radius 3 is 2.58 bits per heavy atom. The molecule has 7 nitrogen and oxygen atoms in total. The quantitative estimate of drug-likeness (QED) is 0.693. The number of benzene rings is 1. The van der Waals surface area contributed by atoms with Crippen molar-refractivity contribution in [1.29, 1.82) is 0 Å². The van der Waals surface area contributed by atoms with E-state index in [1.807, 2.05) is 0 Å². The topological polar surface area (TPSA) is 96.3 Å². The lowest BCUT2D eigenvalue weighted by Crippen LogP contribution is -2.48. The van der Waals surface area contributed by atoms with Gasteiger partial charge >= 0.3 is 0 Å². The predicted molar refractivity (Wildman–Crippen MR) is 79.5 cm³/mol. The Balaban J connectivity index is 2.26. The second kappa shape index (κ2) is 7.64. The fraction of sp³-hybridized carbons (Fsp3) is 0.267. The number of aromatic nitrogens is 1. The summed E-state index contributed by atoms with van der Waals surface area (Å²) in [6, 6.07) is 1.25. The minimum absolute atomic E-state index is 0.0767. The fourth-order valence-corrected chi connectivity index (χ4v) is 1.84. The molecule has 2 rings (SSSR count). The van der Waals surface area contributed by atoms with Crippen LogP contribution in [0.25, 0.3) is 0 Å². The third-order valence-corrected chi connectivity index (χ3v) is 2.96. The molecule has 0 aliphatic carbocycles. The zero-order valence-electron chi connectivity index (χ0n) is 13.0. The van der Waals surface area contributed by atoms with Crippen LogP contribution in [-0.4, -0.2) is 22.8 Å². The molecule has 0 radical (unpaired) electrons. The summed E-state index contributed by atoms with van der Waals surface area (Å²) in [5, 5.41) is 2.34. The molecule has 0 aliphatic heterocycles. The highest BCUT2D eigenvalue weighted by Crippen LogP contribution is 2.19. The van der Waals surface area contributed by atoms with Gasteiger partial charge in [0.2, 0.25) is 0 Å². The lowest BCUT2D eigenvalue weighted by atomic mass is 10.1. The lowest BCUT2D eigenvalue weighted by Gasteiger charge is -2.20. The molecular weight excluding hydrogens is 322 g/mol. The smallest absolute Gasteiger partial charge is 0.274 e. The number of hydrogen-bond acceptors (Lipinski definition) is 5. The van der Waals surface area contributed by atoms with Gasteiger partial charge in [-0.1, -0.05) is 6.07 Å².